The topological polar surface area (TPSA) is 68.5 Å². The Balaban J connectivity index is 1.88. The highest BCUT2D eigenvalue weighted by molar-refractivity contribution is 5.69. The van der Waals surface area contributed by atoms with E-state index < -0.39 is 29.5 Å². The SMILES string of the molecule is C#Cc1ccc(-c2noc(C3CCCN3C(=O)OC(C)(C)C)n2)cc1C(F)(F)F. The summed E-state index contributed by atoms with van der Waals surface area (Å²) in [4.78, 5) is 18.1. The van der Waals surface area contributed by atoms with Gasteiger partial charge in [0.2, 0.25) is 11.7 Å². The number of carbonyl (C=O) groups excluding carboxylic acids is 1. The van der Waals surface area contributed by atoms with Crippen LogP contribution in [0.4, 0.5) is 18.0 Å². The van der Waals surface area contributed by atoms with Gasteiger partial charge in [-0.2, -0.15) is 18.2 Å². The molecule has 0 radical (unpaired) electrons. The van der Waals surface area contributed by atoms with E-state index in [9.17, 15) is 18.0 Å². The number of likely N-dealkylation sites (tertiary alicyclic amines) is 1. The van der Waals surface area contributed by atoms with Crippen LogP contribution < -0.4 is 0 Å². The van der Waals surface area contributed by atoms with Crippen LogP contribution in [0.3, 0.4) is 0 Å². The second-order valence-electron chi connectivity index (χ2n) is 7.69. The highest BCUT2D eigenvalue weighted by Crippen LogP contribution is 2.36. The van der Waals surface area contributed by atoms with E-state index in [2.05, 4.69) is 10.1 Å². The molecule has 154 valence electrons. The maximum absolute atomic E-state index is 13.2. The van der Waals surface area contributed by atoms with Crippen LogP contribution in [0.5, 0.6) is 0 Å². The van der Waals surface area contributed by atoms with E-state index in [0.29, 0.717) is 13.0 Å². The van der Waals surface area contributed by atoms with Crippen molar-refractivity contribution in [3.05, 3.63) is 35.2 Å². The van der Waals surface area contributed by atoms with E-state index in [4.69, 9.17) is 15.7 Å². The van der Waals surface area contributed by atoms with Gasteiger partial charge in [-0.3, -0.25) is 4.90 Å². The van der Waals surface area contributed by atoms with Crippen LogP contribution in [-0.2, 0) is 10.9 Å². The highest BCUT2D eigenvalue weighted by atomic mass is 19.4. The molecule has 0 N–H and O–H groups in total. The lowest BCUT2D eigenvalue weighted by Crippen LogP contribution is -2.36. The summed E-state index contributed by atoms with van der Waals surface area (Å²) in [7, 11) is 0. The van der Waals surface area contributed by atoms with Crippen molar-refractivity contribution in [1.29, 1.82) is 0 Å². The average Bonchev–Trinajstić information content (AvgIpc) is 3.28. The Bertz CT molecular complexity index is 954. The molecule has 29 heavy (non-hydrogen) atoms. The Labute approximate surface area is 166 Å². The number of terminal acetylenes is 1. The third-order valence-electron chi connectivity index (χ3n) is 4.35. The normalized spacial score (nSPS) is 17.3. The molecule has 1 saturated heterocycles. The fourth-order valence-electron chi connectivity index (χ4n) is 3.09. The van der Waals surface area contributed by atoms with Gasteiger partial charge < -0.3 is 9.26 Å². The average molecular weight is 407 g/mol. The Kier molecular flexibility index (Phi) is 5.30. The maximum Gasteiger partial charge on any atom is 0.417 e. The first-order valence-corrected chi connectivity index (χ1v) is 9.01. The zero-order valence-electron chi connectivity index (χ0n) is 16.2. The summed E-state index contributed by atoms with van der Waals surface area (Å²) in [5.74, 6) is 2.17. The van der Waals surface area contributed by atoms with Gasteiger partial charge in [-0.1, -0.05) is 11.1 Å². The molecule has 1 amide bonds. The predicted molar refractivity (Wildman–Crippen MR) is 97.6 cm³/mol. The lowest BCUT2D eigenvalue weighted by atomic mass is 10.0. The third kappa shape index (κ3) is 4.53. The molecule has 0 aliphatic carbocycles. The van der Waals surface area contributed by atoms with Gasteiger partial charge in [-0.15, -0.1) is 6.42 Å². The van der Waals surface area contributed by atoms with E-state index in [-0.39, 0.29) is 22.8 Å². The van der Waals surface area contributed by atoms with Crippen molar-refractivity contribution in [1.82, 2.24) is 15.0 Å². The fourth-order valence-corrected chi connectivity index (χ4v) is 3.09. The Morgan fingerprint density at radius 3 is 2.69 bits per heavy atom. The number of amides is 1. The second kappa shape index (κ2) is 7.43. The van der Waals surface area contributed by atoms with Gasteiger partial charge in [0, 0.05) is 17.7 Å². The van der Waals surface area contributed by atoms with Gasteiger partial charge in [0.05, 0.1) is 5.56 Å². The predicted octanol–water partition coefficient (Wildman–Crippen LogP) is 4.81. The summed E-state index contributed by atoms with van der Waals surface area (Å²) < 4.78 is 50.4. The molecule has 0 bridgehead atoms. The Morgan fingerprint density at radius 1 is 1.34 bits per heavy atom. The molecule has 2 heterocycles. The van der Waals surface area contributed by atoms with E-state index in [0.717, 1.165) is 12.5 Å². The Morgan fingerprint density at radius 2 is 2.07 bits per heavy atom. The summed E-state index contributed by atoms with van der Waals surface area (Å²) in [6, 6.07) is 3.00. The highest BCUT2D eigenvalue weighted by Gasteiger charge is 2.37. The zero-order valence-corrected chi connectivity index (χ0v) is 16.2. The van der Waals surface area contributed by atoms with Crippen LogP contribution in [0.1, 0.15) is 56.7 Å². The minimum atomic E-state index is -4.61. The number of hydrogen-bond donors (Lipinski definition) is 0. The number of benzene rings is 1. The lowest BCUT2D eigenvalue weighted by molar-refractivity contribution is -0.137. The number of rotatable bonds is 2. The largest absolute Gasteiger partial charge is 0.444 e. The molecular formula is C20H20F3N3O3. The first kappa shape index (κ1) is 20.7. The zero-order chi connectivity index (χ0) is 21.4. The van der Waals surface area contributed by atoms with Crippen molar-refractivity contribution < 1.29 is 27.2 Å². The molecule has 1 aromatic heterocycles. The number of nitrogens with zero attached hydrogens (tertiary/aromatic N) is 3. The van der Waals surface area contributed by atoms with Gasteiger partial charge in [-0.05, 0) is 51.8 Å². The van der Waals surface area contributed by atoms with Crippen LogP contribution in [0, 0.1) is 12.3 Å². The molecule has 0 saturated carbocycles. The second-order valence-corrected chi connectivity index (χ2v) is 7.69. The molecule has 6 nitrogen and oxygen atoms in total. The monoisotopic (exact) mass is 407 g/mol. The van der Waals surface area contributed by atoms with Gasteiger partial charge in [0.15, 0.2) is 0 Å². The third-order valence-corrected chi connectivity index (χ3v) is 4.35. The molecule has 1 fully saturated rings. The summed E-state index contributed by atoms with van der Waals surface area (Å²) >= 11 is 0. The van der Waals surface area contributed by atoms with Crippen LogP contribution in [0.2, 0.25) is 0 Å². The van der Waals surface area contributed by atoms with E-state index >= 15 is 0 Å². The molecule has 0 spiro atoms. The van der Waals surface area contributed by atoms with E-state index in [1.165, 1.54) is 17.0 Å². The standard InChI is InChI=1S/C20H20F3N3O3/c1-5-12-8-9-13(11-14(12)20(21,22)23)16-24-17(29-25-16)15-7-6-10-26(15)18(27)28-19(2,3)4/h1,8-9,11,15H,6-7,10H2,2-4H3. The molecule has 9 heteroatoms. The first-order chi connectivity index (χ1) is 13.5. The molecule has 1 atom stereocenters. The van der Waals surface area contributed by atoms with Crippen molar-refractivity contribution >= 4 is 6.09 Å². The minimum Gasteiger partial charge on any atom is -0.444 e. The molecule has 1 aliphatic heterocycles. The van der Waals surface area contributed by atoms with Crippen molar-refractivity contribution in [2.45, 2.75) is 51.4 Å². The van der Waals surface area contributed by atoms with Crippen molar-refractivity contribution in [2.24, 2.45) is 0 Å². The van der Waals surface area contributed by atoms with Gasteiger partial charge in [0.25, 0.3) is 0 Å². The van der Waals surface area contributed by atoms with Crippen LogP contribution in [-0.4, -0.2) is 33.3 Å². The first-order valence-electron chi connectivity index (χ1n) is 9.01. The van der Waals surface area contributed by atoms with Crippen LogP contribution in [0.25, 0.3) is 11.4 Å². The number of hydrogen-bond acceptors (Lipinski definition) is 5. The van der Waals surface area contributed by atoms with Gasteiger partial charge in [-0.25, -0.2) is 4.79 Å². The molecule has 2 aromatic rings. The van der Waals surface area contributed by atoms with Crippen LogP contribution in [0.15, 0.2) is 22.7 Å². The van der Waals surface area contributed by atoms with Crippen LogP contribution >= 0.6 is 0 Å². The fraction of sp³-hybridized carbons (Fsp3) is 0.450. The number of ether oxygens (including phenoxy) is 1. The minimum absolute atomic E-state index is 0.00916. The van der Waals surface area contributed by atoms with Crippen molar-refractivity contribution in [3.63, 3.8) is 0 Å². The summed E-state index contributed by atoms with van der Waals surface area (Å²) in [5.41, 5.74) is -1.75. The molecule has 1 unspecified atom stereocenters. The van der Waals surface area contributed by atoms with Gasteiger partial charge in [0.1, 0.15) is 11.6 Å². The number of alkyl halides is 3. The molecular weight excluding hydrogens is 387 g/mol. The Hall–Kier alpha value is -3.02. The van der Waals surface area contributed by atoms with Crippen molar-refractivity contribution in [3.8, 4) is 23.7 Å². The van der Waals surface area contributed by atoms with Crippen molar-refractivity contribution in [2.75, 3.05) is 6.54 Å². The quantitative estimate of drug-likeness (QED) is 0.669. The summed E-state index contributed by atoms with van der Waals surface area (Å²) in [6.07, 6.45) is 1.36. The summed E-state index contributed by atoms with van der Waals surface area (Å²) in [6.45, 7) is 5.75. The summed E-state index contributed by atoms with van der Waals surface area (Å²) in [5, 5.41) is 3.79. The lowest BCUT2D eigenvalue weighted by Gasteiger charge is -2.26. The molecule has 1 aliphatic rings. The van der Waals surface area contributed by atoms with E-state index in [1.54, 1.807) is 20.8 Å². The maximum atomic E-state index is 13.2. The molecule has 1 aromatic carbocycles. The smallest absolute Gasteiger partial charge is 0.417 e. The number of halogens is 3. The number of aromatic nitrogens is 2. The van der Waals surface area contributed by atoms with E-state index in [1.807, 2.05) is 5.92 Å². The van der Waals surface area contributed by atoms with Gasteiger partial charge >= 0.3 is 12.3 Å². The number of carbonyl (C=O) groups is 1. The molecule has 3 rings (SSSR count).